The Hall–Kier alpha value is -2.21. The van der Waals surface area contributed by atoms with E-state index < -0.39 is 5.82 Å². The molecular weight excluding hydrogens is 325 g/mol. The van der Waals surface area contributed by atoms with Gasteiger partial charge in [-0.15, -0.1) is 0 Å². The highest BCUT2D eigenvalue weighted by Gasteiger charge is 2.14. The molecule has 20 heavy (non-hydrogen) atoms. The highest BCUT2D eigenvalue weighted by molar-refractivity contribution is 9.10. The van der Waals surface area contributed by atoms with Gasteiger partial charge in [-0.3, -0.25) is 0 Å². The molecule has 0 bridgehead atoms. The minimum atomic E-state index is -0.491. The molecule has 6 heteroatoms. The van der Waals surface area contributed by atoms with E-state index in [1.807, 2.05) is 24.3 Å². The van der Waals surface area contributed by atoms with Gasteiger partial charge in [-0.05, 0) is 30.3 Å². The lowest BCUT2D eigenvalue weighted by Crippen LogP contribution is -1.89. The van der Waals surface area contributed by atoms with Gasteiger partial charge in [0.2, 0.25) is 5.82 Å². The van der Waals surface area contributed by atoms with Gasteiger partial charge in [-0.1, -0.05) is 33.2 Å². The van der Waals surface area contributed by atoms with Crippen LogP contribution in [0.3, 0.4) is 0 Å². The molecule has 3 aromatic rings. The van der Waals surface area contributed by atoms with E-state index in [9.17, 15) is 4.39 Å². The van der Waals surface area contributed by atoms with Crippen LogP contribution in [0.25, 0.3) is 22.8 Å². The maximum Gasteiger partial charge on any atom is 0.261 e. The van der Waals surface area contributed by atoms with Crippen LogP contribution >= 0.6 is 15.9 Å². The summed E-state index contributed by atoms with van der Waals surface area (Å²) in [6, 6.07) is 11.8. The van der Waals surface area contributed by atoms with Crippen LogP contribution in [0.4, 0.5) is 10.1 Å². The number of nitrogens with two attached hydrogens (primary N) is 1. The minimum absolute atomic E-state index is 0.123. The zero-order valence-electron chi connectivity index (χ0n) is 10.2. The van der Waals surface area contributed by atoms with Crippen molar-refractivity contribution in [2.75, 3.05) is 5.73 Å². The second kappa shape index (κ2) is 5.05. The zero-order chi connectivity index (χ0) is 14.1. The van der Waals surface area contributed by atoms with E-state index in [4.69, 9.17) is 10.3 Å². The van der Waals surface area contributed by atoms with E-state index >= 15 is 0 Å². The first-order chi connectivity index (χ1) is 9.63. The summed E-state index contributed by atoms with van der Waals surface area (Å²) >= 11 is 3.37. The fourth-order valence-electron chi connectivity index (χ4n) is 1.78. The molecule has 0 aliphatic carbocycles. The van der Waals surface area contributed by atoms with Crippen molar-refractivity contribution in [2.24, 2.45) is 0 Å². The molecule has 0 aliphatic rings. The summed E-state index contributed by atoms with van der Waals surface area (Å²) in [7, 11) is 0. The second-order valence-electron chi connectivity index (χ2n) is 4.17. The first-order valence-electron chi connectivity index (χ1n) is 5.78. The number of hydrogen-bond donors (Lipinski definition) is 1. The van der Waals surface area contributed by atoms with Crippen molar-refractivity contribution >= 4 is 21.6 Å². The van der Waals surface area contributed by atoms with Crippen LogP contribution < -0.4 is 5.73 Å². The van der Waals surface area contributed by atoms with Crippen molar-refractivity contribution in [1.82, 2.24) is 10.1 Å². The number of hydrogen-bond acceptors (Lipinski definition) is 4. The molecule has 0 radical (unpaired) electrons. The third-order valence-corrected chi connectivity index (χ3v) is 3.23. The van der Waals surface area contributed by atoms with E-state index in [1.165, 1.54) is 12.1 Å². The first kappa shape index (κ1) is 12.8. The number of nitrogen functional groups attached to an aromatic ring is 1. The molecule has 100 valence electrons. The summed E-state index contributed by atoms with van der Waals surface area (Å²) < 4.78 is 19.8. The van der Waals surface area contributed by atoms with Crippen LogP contribution in [0.1, 0.15) is 0 Å². The Labute approximate surface area is 122 Å². The van der Waals surface area contributed by atoms with Crippen LogP contribution in [-0.4, -0.2) is 10.1 Å². The SMILES string of the molecule is Nc1ccc(-c2nc(-c3cccc(Br)c3)no2)c(F)c1. The molecule has 0 aliphatic heterocycles. The number of halogens is 2. The predicted octanol–water partition coefficient (Wildman–Crippen LogP) is 3.89. The summed E-state index contributed by atoms with van der Waals surface area (Å²) in [4.78, 5) is 4.20. The Balaban J connectivity index is 2.02. The summed E-state index contributed by atoms with van der Waals surface area (Å²) in [6.07, 6.45) is 0. The molecule has 2 aromatic carbocycles. The second-order valence-corrected chi connectivity index (χ2v) is 5.09. The van der Waals surface area contributed by atoms with Gasteiger partial charge in [-0.2, -0.15) is 4.98 Å². The lowest BCUT2D eigenvalue weighted by molar-refractivity contribution is 0.429. The quantitative estimate of drug-likeness (QED) is 0.722. The maximum absolute atomic E-state index is 13.8. The van der Waals surface area contributed by atoms with Crippen molar-refractivity contribution < 1.29 is 8.91 Å². The largest absolute Gasteiger partial charge is 0.399 e. The molecule has 0 saturated carbocycles. The highest BCUT2D eigenvalue weighted by Crippen LogP contribution is 2.26. The van der Waals surface area contributed by atoms with Gasteiger partial charge in [0, 0.05) is 15.7 Å². The van der Waals surface area contributed by atoms with Gasteiger partial charge in [0.15, 0.2) is 0 Å². The summed E-state index contributed by atoms with van der Waals surface area (Å²) in [5.41, 5.74) is 6.86. The Morgan fingerprint density at radius 2 is 2.00 bits per heavy atom. The number of rotatable bonds is 2. The smallest absolute Gasteiger partial charge is 0.261 e. The summed E-state index contributed by atoms with van der Waals surface area (Å²) in [5, 5.41) is 3.86. The molecule has 0 spiro atoms. The maximum atomic E-state index is 13.8. The molecule has 0 fully saturated rings. The molecule has 0 atom stereocenters. The van der Waals surface area contributed by atoms with Gasteiger partial charge in [0.05, 0.1) is 5.56 Å². The summed E-state index contributed by atoms with van der Waals surface area (Å²) in [5.74, 6) is 0.0319. The minimum Gasteiger partial charge on any atom is -0.399 e. The fourth-order valence-corrected chi connectivity index (χ4v) is 2.18. The van der Waals surface area contributed by atoms with Crippen LogP contribution in [0, 0.1) is 5.82 Å². The molecule has 3 rings (SSSR count). The van der Waals surface area contributed by atoms with E-state index in [-0.39, 0.29) is 11.5 Å². The predicted molar refractivity (Wildman–Crippen MR) is 77.2 cm³/mol. The van der Waals surface area contributed by atoms with Gasteiger partial charge < -0.3 is 10.3 Å². The van der Waals surface area contributed by atoms with E-state index in [0.29, 0.717) is 11.5 Å². The lowest BCUT2D eigenvalue weighted by Gasteiger charge is -1.98. The average molecular weight is 334 g/mol. The zero-order valence-corrected chi connectivity index (χ0v) is 11.8. The molecule has 0 saturated heterocycles. The number of aromatic nitrogens is 2. The first-order valence-corrected chi connectivity index (χ1v) is 6.58. The van der Waals surface area contributed by atoms with Crippen molar-refractivity contribution in [1.29, 1.82) is 0 Å². The van der Waals surface area contributed by atoms with Gasteiger partial charge >= 0.3 is 0 Å². The van der Waals surface area contributed by atoms with Gasteiger partial charge in [0.1, 0.15) is 5.82 Å². The molecule has 0 unspecified atom stereocenters. The number of anilines is 1. The molecule has 4 nitrogen and oxygen atoms in total. The molecule has 0 amide bonds. The van der Waals surface area contributed by atoms with E-state index in [1.54, 1.807) is 6.07 Å². The Morgan fingerprint density at radius 3 is 2.75 bits per heavy atom. The van der Waals surface area contributed by atoms with Crippen molar-refractivity contribution in [3.8, 4) is 22.8 Å². The van der Waals surface area contributed by atoms with E-state index in [0.717, 1.165) is 10.0 Å². The molecule has 2 N–H and O–H groups in total. The van der Waals surface area contributed by atoms with Crippen molar-refractivity contribution in [2.45, 2.75) is 0 Å². The number of benzene rings is 2. The Morgan fingerprint density at radius 1 is 1.15 bits per heavy atom. The Bertz CT molecular complexity index is 773. The standard InChI is InChI=1S/C14H9BrFN3O/c15-9-3-1-2-8(6-9)13-18-14(20-19-13)11-5-4-10(17)7-12(11)16/h1-7H,17H2. The van der Waals surface area contributed by atoms with Crippen molar-refractivity contribution in [3.63, 3.8) is 0 Å². The highest BCUT2D eigenvalue weighted by atomic mass is 79.9. The van der Waals surface area contributed by atoms with Crippen LogP contribution in [0.15, 0.2) is 51.5 Å². The van der Waals surface area contributed by atoms with E-state index in [2.05, 4.69) is 26.1 Å². The van der Waals surface area contributed by atoms with Crippen LogP contribution in [0.2, 0.25) is 0 Å². The molecule has 1 aromatic heterocycles. The molecule has 1 heterocycles. The topological polar surface area (TPSA) is 64.9 Å². The summed E-state index contributed by atoms with van der Waals surface area (Å²) in [6.45, 7) is 0. The normalized spacial score (nSPS) is 10.7. The third kappa shape index (κ3) is 2.42. The van der Waals surface area contributed by atoms with Gasteiger partial charge in [0.25, 0.3) is 5.89 Å². The monoisotopic (exact) mass is 333 g/mol. The van der Waals surface area contributed by atoms with Gasteiger partial charge in [-0.25, -0.2) is 4.39 Å². The fraction of sp³-hybridized carbons (Fsp3) is 0. The lowest BCUT2D eigenvalue weighted by atomic mass is 10.2. The van der Waals surface area contributed by atoms with Crippen molar-refractivity contribution in [3.05, 3.63) is 52.8 Å². The average Bonchev–Trinajstić information content (AvgIpc) is 2.88. The molecular formula is C14H9BrFN3O. The van der Waals surface area contributed by atoms with Crippen LogP contribution in [-0.2, 0) is 0 Å². The third-order valence-electron chi connectivity index (χ3n) is 2.73. The van der Waals surface area contributed by atoms with Crippen LogP contribution in [0.5, 0.6) is 0 Å². The number of nitrogens with zero attached hydrogens (tertiary/aromatic N) is 2. The Kier molecular flexibility index (Phi) is 3.23.